The summed E-state index contributed by atoms with van der Waals surface area (Å²) < 4.78 is 30.3. The molecule has 462 valence electrons. The van der Waals surface area contributed by atoms with E-state index in [0.29, 0.717) is 23.9 Å². The third-order valence-corrected chi connectivity index (χ3v) is 15.3. The smallest absolute Gasteiger partial charge is 0.306 e. The minimum atomic E-state index is -4.71. The molecule has 0 bridgehead atoms. The van der Waals surface area contributed by atoms with Gasteiger partial charge in [0.25, 0.3) is 7.82 Å². The number of esters is 1. The molecule has 0 rings (SSSR count). The second-order valence-corrected chi connectivity index (χ2v) is 24.7. The third-order valence-electron chi connectivity index (χ3n) is 14.3. The van der Waals surface area contributed by atoms with Gasteiger partial charge in [0.1, 0.15) is 19.3 Å². The molecule has 0 aliphatic rings. The van der Waals surface area contributed by atoms with Crippen LogP contribution in [0.3, 0.4) is 0 Å². The number of quaternary nitrogens is 1. The number of hydrogen-bond acceptors (Lipinski definition) is 7. The number of amides is 1. The number of phosphoric ester groups is 1. The maximum Gasteiger partial charge on any atom is 0.306 e. The van der Waals surface area contributed by atoms with Gasteiger partial charge in [-0.15, -0.1) is 0 Å². The van der Waals surface area contributed by atoms with Crippen molar-refractivity contribution in [2.45, 2.75) is 296 Å². The maximum atomic E-state index is 13.6. The van der Waals surface area contributed by atoms with Crippen molar-refractivity contribution in [3.63, 3.8) is 0 Å². The van der Waals surface area contributed by atoms with Gasteiger partial charge < -0.3 is 28.5 Å². The fourth-order valence-electron chi connectivity index (χ4n) is 9.21. The zero-order chi connectivity index (χ0) is 58.6. The van der Waals surface area contributed by atoms with Gasteiger partial charge in [-0.2, -0.15) is 0 Å². The predicted octanol–water partition coefficient (Wildman–Crippen LogP) is 20.1. The van der Waals surface area contributed by atoms with Crippen molar-refractivity contribution in [3.8, 4) is 0 Å². The standard InChI is InChI=1S/C70H125N2O7P/c1-7-10-13-16-19-22-25-28-30-31-32-33-34-35-36-37-38-39-40-41-43-44-47-50-53-56-59-62-69(73)71-67(66-78-80(75,76)77-65-64-72(4,5)6)68(61-58-55-52-49-46-27-24-21-18-15-12-9-3)79-70(74)63-60-57-54-51-48-45-42-29-26-23-20-17-14-11-8-2/h11,14,17,19-20,22-23,26,28,30,32-33,35-36,58,61,67-68H,7-10,12-13,15-16,18,21,24-25,27,29,31,34,37-57,59-60,62-66H2,1-6H3,(H-,71,73,75,76)/b14-11+,20-17+,22-19-,26-23+,30-28-,33-32-,36-35-,61-58-. The van der Waals surface area contributed by atoms with Crippen LogP contribution in [-0.2, 0) is 27.9 Å². The summed E-state index contributed by atoms with van der Waals surface area (Å²) in [7, 11) is 1.17. The molecule has 0 aromatic rings. The number of carbonyl (C=O) groups excluding carboxylic acids is 2. The maximum absolute atomic E-state index is 13.6. The molecule has 0 aromatic heterocycles. The van der Waals surface area contributed by atoms with Gasteiger partial charge in [0, 0.05) is 12.8 Å². The molecule has 0 fully saturated rings. The number of carbonyl (C=O) groups is 2. The lowest BCUT2D eigenvalue weighted by Crippen LogP contribution is -2.47. The van der Waals surface area contributed by atoms with Crippen molar-refractivity contribution < 1.29 is 37.3 Å². The number of likely N-dealkylation sites (N-methyl/N-ethyl adjacent to an activating group) is 1. The first-order valence-corrected chi connectivity index (χ1v) is 34.5. The van der Waals surface area contributed by atoms with Crippen molar-refractivity contribution in [1.82, 2.24) is 5.32 Å². The first kappa shape index (κ1) is 76.9. The van der Waals surface area contributed by atoms with E-state index in [4.69, 9.17) is 13.8 Å². The SMILES string of the molecule is CC/C=C/C=C/C=C/CCCCCCCCCC(=O)OC(/C=C\CCCCCCCCCCCC)C(COP(=O)([O-])OCC[N+](C)(C)C)NC(=O)CCCCCCCCCCCCC/C=C\C/C=C\C/C=C\C/C=C\CCCCC. The van der Waals surface area contributed by atoms with E-state index < -0.39 is 26.6 Å². The predicted molar refractivity (Wildman–Crippen MR) is 344 cm³/mol. The van der Waals surface area contributed by atoms with E-state index in [1.54, 1.807) is 0 Å². The molecule has 0 spiro atoms. The zero-order valence-electron chi connectivity index (χ0n) is 52.8. The second-order valence-electron chi connectivity index (χ2n) is 23.3. The highest BCUT2D eigenvalue weighted by Crippen LogP contribution is 2.38. The topological polar surface area (TPSA) is 114 Å². The number of hydrogen-bond donors (Lipinski definition) is 1. The molecule has 0 radical (unpaired) electrons. The van der Waals surface area contributed by atoms with E-state index >= 15 is 0 Å². The van der Waals surface area contributed by atoms with Crippen molar-refractivity contribution in [2.75, 3.05) is 40.9 Å². The molecule has 10 heteroatoms. The van der Waals surface area contributed by atoms with E-state index in [1.165, 1.54) is 148 Å². The summed E-state index contributed by atoms with van der Waals surface area (Å²) in [6.07, 6.45) is 79.5. The Balaban J connectivity index is 5.09. The van der Waals surface area contributed by atoms with Gasteiger partial charge in [-0.1, -0.05) is 272 Å². The Bertz CT molecular complexity index is 1690. The highest BCUT2D eigenvalue weighted by atomic mass is 31.2. The van der Waals surface area contributed by atoms with Crippen molar-refractivity contribution in [1.29, 1.82) is 0 Å². The molecule has 3 atom stereocenters. The van der Waals surface area contributed by atoms with Gasteiger partial charge in [0.15, 0.2) is 0 Å². The lowest BCUT2D eigenvalue weighted by atomic mass is 10.0. The van der Waals surface area contributed by atoms with Gasteiger partial charge in [0.05, 0.1) is 33.8 Å². The van der Waals surface area contributed by atoms with E-state index in [0.717, 1.165) is 96.3 Å². The Kier molecular flexibility index (Phi) is 56.8. The minimum Gasteiger partial charge on any atom is -0.756 e. The average molecular weight is 1140 g/mol. The Morgan fingerprint density at radius 1 is 0.463 bits per heavy atom. The number of unbranched alkanes of at least 4 members (excludes halogenated alkanes) is 31. The summed E-state index contributed by atoms with van der Waals surface area (Å²) >= 11 is 0. The Labute approximate surface area is 494 Å². The minimum absolute atomic E-state index is 0.0289. The third kappa shape index (κ3) is 59.5. The molecule has 80 heavy (non-hydrogen) atoms. The molecule has 9 nitrogen and oxygen atoms in total. The van der Waals surface area contributed by atoms with Crippen LogP contribution in [0.1, 0.15) is 284 Å². The van der Waals surface area contributed by atoms with Crippen LogP contribution in [0.2, 0.25) is 0 Å². The number of nitrogens with one attached hydrogen (secondary N) is 1. The molecule has 0 aromatic carbocycles. The summed E-state index contributed by atoms with van der Waals surface area (Å²) in [5, 5.41) is 3.03. The van der Waals surface area contributed by atoms with Crippen LogP contribution in [0.5, 0.6) is 0 Å². The second kappa shape index (κ2) is 59.1. The van der Waals surface area contributed by atoms with Crippen LogP contribution in [0, 0.1) is 0 Å². The van der Waals surface area contributed by atoms with Crippen LogP contribution in [0.4, 0.5) is 0 Å². The van der Waals surface area contributed by atoms with E-state index in [2.05, 4.69) is 111 Å². The molecule has 0 saturated heterocycles. The van der Waals surface area contributed by atoms with Crippen LogP contribution < -0.4 is 10.2 Å². The Morgan fingerprint density at radius 2 is 0.850 bits per heavy atom. The first-order chi connectivity index (χ1) is 38.9. The fraction of sp³-hybridized carbons (Fsp3) is 0.743. The van der Waals surface area contributed by atoms with Gasteiger partial charge in [-0.25, -0.2) is 0 Å². The molecule has 0 aliphatic heterocycles. The highest BCUT2D eigenvalue weighted by Gasteiger charge is 2.27. The quantitative estimate of drug-likeness (QED) is 0.0161. The summed E-state index contributed by atoms with van der Waals surface area (Å²) in [5.41, 5.74) is 0. The number of allylic oxidation sites excluding steroid dienone is 15. The number of nitrogens with zero attached hydrogens (tertiary/aromatic N) is 1. The molecule has 0 heterocycles. The molecule has 3 unspecified atom stereocenters. The number of rotatable bonds is 59. The lowest BCUT2D eigenvalue weighted by molar-refractivity contribution is -0.870. The molecule has 0 saturated carbocycles. The van der Waals surface area contributed by atoms with Gasteiger partial charge in [-0.3, -0.25) is 14.2 Å². The summed E-state index contributed by atoms with van der Waals surface area (Å²) in [6, 6.07) is -0.900. The number of ether oxygens (including phenoxy) is 1. The molecule has 1 amide bonds. The molecular weight excluding hydrogens is 1010 g/mol. The largest absolute Gasteiger partial charge is 0.756 e. The molecule has 1 N–H and O–H groups in total. The van der Waals surface area contributed by atoms with Gasteiger partial charge in [0.2, 0.25) is 5.91 Å². The zero-order valence-corrected chi connectivity index (χ0v) is 53.7. The summed E-state index contributed by atoms with van der Waals surface area (Å²) in [6.45, 7) is 6.68. The van der Waals surface area contributed by atoms with E-state index in [1.807, 2.05) is 33.3 Å². The summed E-state index contributed by atoms with van der Waals surface area (Å²) in [4.78, 5) is 40.0. The Morgan fingerprint density at radius 3 is 1.32 bits per heavy atom. The van der Waals surface area contributed by atoms with Crippen LogP contribution in [-0.4, -0.2) is 69.4 Å². The monoisotopic (exact) mass is 1140 g/mol. The van der Waals surface area contributed by atoms with E-state index in [-0.39, 0.29) is 24.9 Å². The molecular formula is C70H125N2O7P. The van der Waals surface area contributed by atoms with Gasteiger partial charge in [-0.05, 0) is 96.0 Å². The number of phosphoric acid groups is 1. The normalized spacial score (nSPS) is 14.2. The first-order valence-electron chi connectivity index (χ1n) is 33.1. The molecule has 0 aliphatic carbocycles. The average Bonchev–Trinajstić information content (AvgIpc) is 3.43. The van der Waals surface area contributed by atoms with Crippen LogP contribution >= 0.6 is 7.82 Å². The van der Waals surface area contributed by atoms with Crippen LogP contribution in [0.15, 0.2) is 97.2 Å². The highest BCUT2D eigenvalue weighted by molar-refractivity contribution is 7.45. The van der Waals surface area contributed by atoms with Gasteiger partial charge >= 0.3 is 5.97 Å². The van der Waals surface area contributed by atoms with Crippen molar-refractivity contribution >= 4 is 19.7 Å². The van der Waals surface area contributed by atoms with E-state index in [9.17, 15) is 19.0 Å². The van der Waals surface area contributed by atoms with Crippen LogP contribution in [0.25, 0.3) is 0 Å². The fourth-order valence-corrected chi connectivity index (χ4v) is 9.93. The van der Waals surface area contributed by atoms with Crippen molar-refractivity contribution in [3.05, 3.63) is 97.2 Å². The lowest BCUT2D eigenvalue weighted by Gasteiger charge is -2.30. The summed E-state index contributed by atoms with van der Waals surface area (Å²) in [5.74, 6) is -0.559. The Hall–Kier alpha value is -3.07. The van der Waals surface area contributed by atoms with Crippen molar-refractivity contribution in [2.24, 2.45) is 0 Å².